The number of aromatic amines is 1. The van der Waals surface area contributed by atoms with E-state index in [1.807, 2.05) is 43.5 Å². The third kappa shape index (κ3) is 4.99. The monoisotopic (exact) mass is 435 g/mol. The first-order valence-electron chi connectivity index (χ1n) is 10.9. The minimum atomic E-state index is -0.0438. The van der Waals surface area contributed by atoms with Gasteiger partial charge in [-0.05, 0) is 80.3 Å². The van der Waals surface area contributed by atoms with Gasteiger partial charge in [0.05, 0.1) is 18.4 Å². The molecule has 1 aromatic carbocycles. The molecule has 5 nitrogen and oxygen atoms in total. The van der Waals surface area contributed by atoms with E-state index < -0.39 is 0 Å². The van der Waals surface area contributed by atoms with Crippen LogP contribution in [0.25, 0.3) is 11.3 Å². The van der Waals surface area contributed by atoms with Crippen LogP contribution in [-0.2, 0) is 0 Å². The number of carbonyl (C=O) groups is 1. The summed E-state index contributed by atoms with van der Waals surface area (Å²) < 4.78 is 5.49. The zero-order chi connectivity index (χ0) is 21.8. The number of pyridine rings is 1. The summed E-state index contributed by atoms with van der Waals surface area (Å²) in [5.41, 5.74) is 5.68. The van der Waals surface area contributed by atoms with Crippen molar-refractivity contribution < 1.29 is 9.53 Å². The molecule has 1 saturated carbocycles. The molecule has 3 aromatic rings. The van der Waals surface area contributed by atoms with Crippen LogP contribution in [0, 0.1) is 12.8 Å². The van der Waals surface area contributed by atoms with E-state index in [9.17, 15) is 4.79 Å². The van der Waals surface area contributed by atoms with Gasteiger partial charge in [-0.2, -0.15) is 0 Å². The Hall–Kier alpha value is -2.65. The van der Waals surface area contributed by atoms with Crippen LogP contribution in [0.15, 0.2) is 48.7 Å². The second-order valence-corrected chi connectivity index (χ2v) is 8.99. The molecule has 31 heavy (non-hydrogen) atoms. The van der Waals surface area contributed by atoms with Gasteiger partial charge in [-0.3, -0.25) is 9.78 Å². The zero-order valence-electron chi connectivity index (χ0n) is 18.2. The fourth-order valence-electron chi connectivity index (χ4n) is 4.57. The molecule has 1 aliphatic carbocycles. The number of carbonyl (C=O) groups excluding carboxylic acids is 1. The fourth-order valence-corrected chi connectivity index (χ4v) is 4.88. The standard InChI is InChI=1S/C25H30N3O2P/c1-16-13-19(11-12-26-16)18-9-7-17(8-10-18)15-27-25(29)21-14-23(31)28-24(21)20-5-3-4-6-22(20)30-2/h3-6,11-14,17-18,28H,7-10,15,31H2,1-2H3,(H,27,29). The molecular formula is C25H30N3O2P. The number of aryl methyl sites for hydroxylation is 1. The maximum Gasteiger partial charge on any atom is 0.253 e. The Bertz CT molecular complexity index is 1050. The predicted octanol–water partition coefficient (Wildman–Crippen LogP) is 4.60. The molecule has 1 atom stereocenters. The minimum Gasteiger partial charge on any atom is -0.496 e. The van der Waals surface area contributed by atoms with Crippen molar-refractivity contribution in [2.45, 2.75) is 38.5 Å². The average Bonchev–Trinajstić information content (AvgIpc) is 3.19. The van der Waals surface area contributed by atoms with Crippen LogP contribution < -0.4 is 15.5 Å². The van der Waals surface area contributed by atoms with Gasteiger partial charge in [0.2, 0.25) is 0 Å². The van der Waals surface area contributed by atoms with Crippen LogP contribution in [0.1, 0.15) is 53.2 Å². The first kappa shape index (κ1) is 21.6. The Kier molecular flexibility index (Phi) is 6.72. The van der Waals surface area contributed by atoms with Crippen LogP contribution in [0.3, 0.4) is 0 Å². The summed E-state index contributed by atoms with van der Waals surface area (Å²) in [4.78, 5) is 20.6. The van der Waals surface area contributed by atoms with Crippen molar-refractivity contribution in [2.75, 3.05) is 13.7 Å². The molecule has 2 heterocycles. The minimum absolute atomic E-state index is 0.0438. The van der Waals surface area contributed by atoms with Gasteiger partial charge in [-0.15, -0.1) is 0 Å². The number of amides is 1. The summed E-state index contributed by atoms with van der Waals surface area (Å²) >= 11 is 0. The van der Waals surface area contributed by atoms with Crippen molar-refractivity contribution in [1.29, 1.82) is 0 Å². The highest BCUT2D eigenvalue weighted by atomic mass is 31.0. The second-order valence-electron chi connectivity index (χ2n) is 8.37. The topological polar surface area (TPSA) is 67.0 Å². The van der Waals surface area contributed by atoms with Crippen molar-refractivity contribution in [3.05, 3.63) is 65.5 Å². The lowest BCUT2D eigenvalue weighted by atomic mass is 9.79. The Morgan fingerprint density at radius 3 is 2.71 bits per heavy atom. The Balaban J connectivity index is 1.38. The predicted molar refractivity (Wildman–Crippen MR) is 128 cm³/mol. The number of para-hydroxylation sites is 1. The van der Waals surface area contributed by atoms with Gasteiger partial charge in [-0.25, -0.2) is 0 Å². The molecule has 0 spiro atoms. The summed E-state index contributed by atoms with van der Waals surface area (Å²) in [6.45, 7) is 2.76. The number of hydrogen-bond donors (Lipinski definition) is 2. The molecule has 4 rings (SSSR count). The van der Waals surface area contributed by atoms with Gasteiger partial charge < -0.3 is 15.0 Å². The molecule has 0 aliphatic heterocycles. The first-order valence-corrected chi connectivity index (χ1v) is 11.5. The summed E-state index contributed by atoms with van der Waals surface area (Å²) in [5.74, 6) is 1.83. The van der Waals surface area contributed by atoms with Gasteiger partial charge in [0.15, 0.2) is 0 Å². The molecule has 1 unspecified atom stereocenters. The Morgan fingerprint density at radius 2 is 1.97 bits per heavy atom. The summed E-state index contributed by atoms with van der Waals surface area (Å²) in [6, 6.07) is 14.0. The third-order valence-electron chi connectivity index (χ3n) is 6.25. The van der Waals surface area contributed by atoms with Crippen molar-refractivity contribution in [3.63, 3.8) is 0 Å². The van der Waals surface area contributed by atoms with Crippen molar-refractivity contribution in [1.82, 2.24) is 15.3 Å². The normalized spacial score (nSPS) is 18.5. The highest BCUT2D eigenvalue weighted by molar-refractivity contribution is 7.27. The molecule has 1 fully saturated rings. The molecule has 0 radical (unpaired) electrons. The van der Waals surface area contributed by atoms with Gasteiger partial charge >= 0.3 is 0 Å². The van der Waals surface area contributed by atoms with Crippen LogP contribution in [-0.4, -0.2) is 29.5 Å². The number of nitrogens with zero attached hydrogens (tertiary/aromatic N) is 1. The quantitative estimate of drug-likeness (QED) is 0.556. The van der Waals surface area contributed by atoms with Crippen molar-refractivity contribution >= 4 is 20.6 Å². The van der Waals surface area contributed by atoms with Gasteiger partial charge in [-0.1, -0.05) is 21.4 Å². The molecule has 2 aromatic heterocycles. The number of methoxy groups -OCH3 is 1. The molecule has 2 N–H and O–H groups in total. The lowest BCUT2D eigenvalue weighted by molar-refractivity contribution is 0.0943. The van der Waals surface area contributed by atoms with E-state index in [4.69, 9.17) is 4.74 Å². The highest BCUT2D eigenvalue weighted by Gasteiger charge is 2.24. The number of rotatable bonds is 6. The van der Waals surface area contributed by atoms with E-state index in [0.29, 0.717) is 23.9 Å². The number of aromatic nitrogens is 2. The maximum atomic E-state index is 13.0. The molecule has 6 heteroatoms. The third-order valence-corrected chi connectivity index (χ3v) is 6.56. The smallest absolute Gasteiger partial charge is 0.253 e. The van der Waals surface area contributed by atoms with E-state index in [-0.39, 0.29) is 5.91 Å². The molecule has 0 saturated heterocycles. The van der Waals surface area contributed by atoms with E-state index in [2.05, 4.69) is 36.7 Å². The largest absolute Gasteiger partial charge is 0.496 e. The Morgan fingerprint density at radius 1 is 1.19 bits per heavy atom. The lowest BCUT2D eigenvalue weighted by Crippen LogP contribution is -2.31. The maximum absolute atomic E-state index is 13.0. The SMILES string of the molecule is COc1ccccc1-c1[nH]c(P)cc1C(=O)NCC1CCC(c2ccnc(C)c2)CC1. The summed E-state index contributed by atoms with van der Waals surface area (Å²) in [6.07, 6.45) is 6.50. The molecule has 1 aliphatic rings. The summed E-state index contributed by atoms with van der Waals surface area (Å²) in [5, 5.41) is 3.17. The van der Waals surface area contributed by atoms with Crippen LogP contribution in [0.4, 0.5) is 0 Å². The van der Waals surface area contributed by atoms with Crippen LogP contribution >= 0.6 is 9.24 Å². The summed E-state index contributed by atoms with van der Waals surface area (Å²) in [7, 11) is 4.28. The number of nitrogens with one attached hydrogen (secondary N) is 2. The fraction of sp³-hybridized carbons (Fsp3) is 0.360. The molecular weight excluding hydrogens is 405 g/mol. The van der Waals surface area contributed by atoms with Crippen molar-refractivity contribution in [3.8, 4) is 17.0 Å². The van der Waals surface area contributed by atoms with Gasteiger partial charge in [0.25, 0.3) is 5.91 Å². The lowest BCUT2D eigenvalue weighted by Gasteiger charge is -2.29. The van der Waals surface area contributed by atoms with E-state index in [1.165, 1.54) is 5.56 Å². The van der Waals surface area contributed by atoms with Crippen LogP contribution in [0.2, 0.25) is 0 Å². The van der Waals surface area contributed by atoms with E-state index in [1.54, 1.807) is 7.11 Å². The first-order chi connectivity index (χ1) is 15.0. The van der Waals surface area contributed by atoms with E-state index in [0.717, 1.165) is 53.8 Å². The van der Waals surface area contributed by atoms with Gasteiger partial charge in [0, 0.05) is 29.4 Å². The second kappa shape index (κ2) is 9.65. The Labute approximate surface area is 186 Å². The molecule has 0 bridgehead atoms. The van der Waals surface area contributed by atoms with Crippen LogP contribution in [0.5, 0.6) is 5.75 Å². The number of hydrogen-bond acceptors (Lipinski definition) is 3. The highest BCUT2D eigenvalue weighted by Crippen LogP contribution is 2.36. The van der Waals surface area contributed by atoms with E-state index >= 15 is 0 Å². The number of ether oxygens (including phenoxy) is 1. The molecule has 1 amide bonds. The molecule has 162 valence electrons. The van der Waals surface area contributed by atoms with Gasteiger partial charge in [0.1, 0.15) is 5.75 Å². The average molecular weight is 436 g/mol. The number of H-pyrrole nitrogens is 1. The van der Waals surface area contributed by atoms with Crippen molar-refractivity contribution in [2.24, 2.45) is 5.92 Å². The number of benzene rings is 1. The zero-order valence-corrected chi connectivity index (χ0v) is 19.3.